The van der Waals surface area contributed by atoms with E-state index in [0.717, 1.165) is 43.4 Å². The molecule has 7 nitrogen and oxygen atoms in total. The Morgan fingerprint density at radius 1 is 1.12 bits per heavy atom. The van der Waals surface area contributed by atoms with Gasteiger partial charge in [0.05, 0.1) is 25.1 Å². The van der Waals surface area contributed by atoms with Crippen LogP contribution in [0.3, 0.4) is 0 Å². The van der Waals surface area contributed by atoms with E-state index < -0.39 is 5.82 Å². The van der Waals surface area contributed by atoms with E-state index in [2.05, 4.69) is 34.6 Å². The van der Waals surface area contributed by atoms with Crippen molar-refractivity contribution in [1.29, 1.82) is 0 Å². The lowest BCUT2D eigenvalue weighted by molar-refractivity contribution is 0.111. The second-order valence-electron chi connectivity index (χ2n) is 9.23. The predicted molar refractivity (Wildman–Crippen MR) is 126 cm³/mol. The van der Waals surface area contributed by atoms with Gasteiger partial charge in [-0.25, -0.2) is 9.37 Å². The van der Waals surface area contributed by atoms with Gasteiger partial charge in [0.2, 0.25) is 5.95 Å². The Morgan fingerprint density at radius 2 is 2.06 bits per heavy atom. The Bertz CT molecular complexity index is 1480. The second kappa shape index (κ2) is 7.70. The molecule has 0 fully saturated rings. The SMILES string of the molecule is Fc1cncc(-c2nc(N[C@@H]3CCC4=C(C3)c3ccccc3C4)n3nc4c(c3n2)COCC4)c1. The molecule has 1 atom stereocenters. The maximum absolute atomic E-state index is 13.9. The highest BCUT2D eigenvalue weighted by Gasteiger charge is 2.29. The van der Waals surface area contributed by atoms with Crippen LogP contribution in [0.4, 0.5) is 10.3 Å². The molecule has 0 spiro atoms. The number of allylic oxidation sites excluding steroid dienone is 1. The summed E-state index contributed by atoms with van der Waals surface area (Å²) in [6.45, 7) is 1.11. The third-order valence-corrected chi connectivity index (χ3v) is 7.11. The van der Waals surface area contributed by atoms with Crippen molar-refractivity contribution in [3.05, 3.63) is 76.5 Å². The van der Waals surface area contributed by atoms with Gasteiger partial charge in [0.1, 0.15) is 5.82 Å². The predicted octanol–water partition coefficient (Wildman–Crippen LogP) is 4.37. The van der Waals surface area contributed by atoms with Crippen LogP contribution in [0.15, 0.2) is 48.3 Å². The Labute approximate surface area is 195 Å². The summed E-state index contributed by atoms with van der Waals surface area (Å²) in [4.78, 5) is 13.5. The normalized spacial score (nSPS) is 19.1. The van der Waals surface area contributed by atoms with Crippen molar-refractivity contribution < 1.29 is 9.13 Å². The minimum atomic E-state index is -0.416. The Balaban J connectivity index is 1.29. The zero-order valence-electron chi connectivity index (χ0n) is 18.6. The van der Waals surface area contributed by atoms with Crippen LogP contribution in [-0.2, 0) is 24.2 Å². The molecule has 7 rings (SSSR count). The van der Waals surface area contributed by atoms with Crippen LogP contribution in [0.5, 0.6) is 0 Å². The largest absolute Gasteiger partial charge is 0.376 e. The number of nitrogens with zero attached hydrogens (tertiary/aromatic N) is 5. The first kappa shape index (κ1) is 19.8. The summed E-state index contributed by atoms with van der Waals surface area (Å²) >= 11 is 0. The van der Waals surface area contributed by atoms with Gasteiger partial charge in [-0.15, -0.1) is 0 Å². The first-order valence-electron chi connectivity index (χ1n) is 11.8. The molecule has 1 N–H and O–H groups in total. The molecule has 0 saturated carbocycles. The van der Waals surface area contributed by atoms with Gasteiger partial charge in [0, 0.05) is 29.8 Å². The molecule has 1 aromatic carbocycles. The lowest BCUT2D eigenvalue weighted by Gasteiger charge is -2.26. The Kier molecular flexibility index (Phi) is 4.48. The van der Waals surface area contributed by atoms with Crippen molar-refractivity contribution >= 4 is 17.2 Å². The molecule has 2 aliphatic carbocycles. The van der Waals surface area contributed by atoms with Gasteiger partial charge in [-0.05, 0) is 48.4 Å². The number of halogens is 1. The number of aromatic nitrogens is 5. The number of ether oxygens (including phenoxy) is 1. The zero-order chi connectivity index (χ0) is 22.6. The van der Waals surface area contributed by atoms with Crippen LogP contribution >= 0.6 is 0 Å². The minimum Gasteiger partial charge on any atom is -0.376 e. The molecule has 8 heteroatoms. The third kappa shape index (κ3) is 3.20. The molecule has 3 aromatic heterocycles. The molecule has 4 heterocycles. The summed E-state index contributed by atoms with van der Waals surface area (Å²) in [5, 5.41) is 8.48. The number of fused-ring (bicyclic) bond motifs is 5. The highest BCUT2D eigenvalue weighted by Crippen LogP contribution is 2.42. The van der Waals surface area contributed by atoms with E-state index in [9.17, 15) is 4.39 Å². The fourth-order valence-electron chi connectivity index (χ4n) is 5.46. The molecule has 1 aliphatic heterocycles. The number of anilines is 1. The highest BCUT2D eigenvalue weighted by molar-refractivity contribution is 5.77. The van der Waals surface area contributed by atoms with E-state index in [1.165, 1.54) is 29.0 Å². The van der Waals surface area contributed by atoms with E-state index >= 15 is 0 Å². The molecule has 0 saturated heterocycles. The molecule has 4 aromatic rings. The van der Waals surface area contributed by atoms with E-state index in [-0.39, 0.29) is 6.04 Å². The molecule has 170 valence electrons. The number of hydrogen-bond acceptors (Lipinski definition) is 6. The van der Waals surface area contributed by atoms with E-state index in [1.807, 2.05) is 0 Å². The summed E-state index contributed by atoms with van der Waals surface area (Å²) < 4.78 is 21.4. The van der Waals surface area contributed by atoms with Gasteiger partial charge in [-0.1, -0.05) is 29.8 Å². The monoisotopic (exact) mass is 454 g/mol. The van der Waals surface area contributed by atoms with E-state index in [0.29, 0.717) is 36.2 Å². The zero-order valence-corrected chi connectivity index (χ0v) is 18.6. The summed E-state index contributed by atoms with van der Waals surface area (Å²) in [5.74, 6) is 0.636. The smallest absolute Gasteiger partial charge is 0.228 e. The standard InChI is InChI=1S/C26H23FN6O/c27-18-10-17(12-28-13-18)24-30-25-22-14-34-8-7-23(22)32-33(25)26(31-24)29-19-6-5-16-9-15-3-1-2-4-20(15)21(16)11-19/h1-4,10,12-13,19H,5-9,11,14H2,(H,29,30,31)/t19-/m1/s1. The van der Waals surface area contributed by atoms with Crippen LogP contribution < -0.4 is 5.32 Å². The van der Waals surface area contributed by atoms with Crippen LogP contribution in [-0.4, -0.2) is 37.2 Å². The van der Waals surface area contributed by atoms with Crippen molar-refractivity contribution in [2.75, 3.05) is 11.9 Å². The number of benzene rings is 1. The average molecular weight is 455 g/mol. The molecule has 0 amide bonds. The lowest BCUT2D eigenvalue weighted by atomic mass is 9.88. The highest BCUT2D eigenvalue weighted by atomic mass is 19.1. The van der Waals surface area contributed by atoms with Gasteiger partial charge < -0.3 is 10.1 Å². The molecule has 3 aliphatic rings. The van der Waals surface area contributed by atoms with Crippen LogP contribution in [0.1, 0.15) is 41.6 Å². The van der Waals surface area contributed by atoms with Gasteiger partial charge in [0.25, 0.3) is 0 Å². The maximum Gasteiger partial charge on any atom is 0.228 e. The third-order valence-electron chi connectivity index (χ3n) is 7.11. The molecule has 34 heavy (non-hydrogen) atoms. The quantitative estimate of drug-likeness (QED) is 0.495. The van der Waals surface area contributed by atoms with Crippen molar-refractivity contribution in [3.8, 4) is 11.4 Å². The molecular formula is C26H23FN6O. The van der Waals surface area contributed by atoms with Crippen molar-refractivity contribution in [3.63, 3.8) is 0 Å². The number of nitrogens with one attached hydrogen (secondary N) is 1. The molecular weight excluding hydrogens is 431 g/mol. The minimum absolute atomic E-state index is 0.221. The van der Waals surface area contributed by atoms with E-state index in [4.69, 9.17) is 19.8 Å². The summed E-state index contributed by atoms with van der Waals surface area (Å²) in [7, 11) is 0. The van der Waals surface area contributed by atoms with Gasteiger partial charge in [-0.2, -0.15) is 14.6 Å². The molecule has 0 unspecified atom stereocenters. The van der Waals surface area contributed by atoms with Crippen molar-refractivity contribution in [2.45, 2.75) is 44.8 Å². The fraction of sp³-hybridized carbons (Fsp3) is 0.308. The Morgan fingerprint density at radius 3 is 3.00 bits per heavy atom. The first-order chi connectivity index (χ1) is 16.7. The molecule has 0 bridgehead atoms. The Hall–Kier alpha value is -3.65. The van der Waals surface area contributed by atoms with Gasteiger partial charge in [0.15, 0.2) is 11.5 Å². The topological polar surface area (TPSA) is 77.2 Å². The lowest BCUT2D eigenvalue weighted by Crippen LogP contribution is -2.25. The average Bonchev–Trinajstić information content (AvgIpc) is 3.42. The number of hydrogen-bond donors (Lipinski definition) is 1. The number of pyridine rings is 1. The fourth-order valence-corrected chi connectivity index (χ4v) is 5.46. The number of rotatable bonds is 3. The molecule has 0 radical (unpaired) electrons. The van der Waals surface area contributed by atoms with Crippen LogP contribution in [0.25, 0.3) is 22.6 Å². The van der Waals surface area contributed by atoms with Gasteiger partial charge in [-0.3, -0.25) is 4.98 Å². The van der Waals surface area contributed by atoms with Gasteiger partial charge >= 0.3 is 0 Å². The first-order valence-corrected chi connectivity index (χ1v) is 11.8. The van der Waals surface area contributed by atoms with Crippen molar-refractivity contribution in [2.24, 2.45) is 0 Å². The maximum atomic E-state index is 13.9. The second-order valence-corrected chi connectivity index (χ2v) is 9.23. The summed E-state index contributed by atoms with van der Waals surface area (Å²) in [6.07, 6.45) is 7.62. The summed E-state index contributed by atoms with van der Waals surface area (Å²) in [5.41, 5.74) is 9.03. The van der Waals surface area contributed by atoms with Crippen molar-refractivity contribution in [1.82, 2.24) is 24.6 Å². The van der Waals surface area contributed by atoms with E-state index in [1.54, 1.807) is 16.3 Å². The summed E-state index contributed by atoms with van der Waals surface area (Å²) in [6, 6.07) is 10.3. The van der Waals surface area contributed by atoms with Crippen LogP contribution in [0.2, 0.25) is 0 Å². The van der Waals surface area contributed by atoms with Crippen LogP contribution in [0, 0.1) is 5.82 Å².